The fourth-order valence-electron chi connectivity index (χ4n) is 2.31. The third-order valence-electron chi connectivity index (χ3n) is 3.83. The highest BCUT2D eigenvalue weighted by Crippen LogP contribution is 2.16. The molecule has 0 atom stereocenters. The number of hydrogen-bond donors (Lipinski definition) is 2. The Balaban J connectivity index is 1.96. The Morgan fingerprint density at radius 2 is 1.76 bits per heavy atom. The number of para-hydroxylation sites is 1. The molecule has 132 valence electrons. The number of benzene rings is 2. The lowest BCUT2D eigenvalue weighted by Gasteiger charge is -2.12. The summed E-state index contributed by atoms with van der Waals surface area (Å²) in [7, 11) is 0. The summed E-state index contributed by atoms with van der Waals surface area (Å²) in [6, 6.07) is 14.3. The minimum atomic E-state index is -0.428. The molecule has 0 radical (unpaired) electrons. The summed E-state index contributed by atoms with van der Waals surface area (Å²) in [6.07, 6.45) is 1.77. The van der Waals surface area contributed by atoms with Crippen molar-refractivity contribution >= 4 is 17.7 Å². The van der Waals surface area contributed by atoms with Crippen molar-refractivity contribution < 1.29 is 14.3 Å². The zero-order chi connectivity index (χ0) is 18.1. The Labute approximate surface area is 148 Å². The number of unbranched alkanes of at least 4 members (excludes halogenated alkanes) is 1. The molecule has 0 heterocycles. The number of amides is 2. The third-order valence-corrected chi connectivity index (χ3v) is 3.83. The van der Waals surface area contributed by atoms with Crippen LogP contribution in [0.2, 0.25) is 0 Å². The Kier molecular flexibility index (Phi) is 7.01. The van der Waals surface area contributed by atoms with Gasteiger partial charge in [0.05, 0.1) is 17.9 Å². The molecule has 5 nitrogen and oxygen atoms in total. The van der Waals surface area contributed by atoms with E-state index in [1.165, 1.54) is 0 Å². The number of urea groups is 1. The number of hydrogen-bond acceptors (Lipinski definition) is 3. The molecular formula is C20H24N2O3. The van der Waals surface area contributed by atoms with E-state index in [0.717, 1.165) is 24.0 Å². The van der Waals surface area contributed by atoms with Gasteiger partial charge < -0.3 is 15.4 Å². The molecule has 0 unspecified atom stereocenters. The van der Waals surface area contributed by atoms with Crippen LogP contribution in [0.5, 0.6) is 0 Å². The highest BCUT2D eigenvalue weighted by Gasteiger charge is 2.14. The summed E-state index contributed by atoms with van der Waals surface area (Å²) in [5, 5.41) is 5.53. The van der Waals surface area contributed by atoms with Gasteiger partial charge in [-0.3, -0.25) is 0 Å². The van der Waals surface area contributed by atoms with Crippen LogP contribution in [0.25, 0.3) is 0 Å². The van der Waals surface area contributed by atoms with Gasteiger partial charge in [-0.15, -0.1) is 0 Å². The van der Waals surface area contributed by atoms with Crippen molar-refractivity contribution in [2.45, 2.75) is 33.2 Å². The molecule has 0 saturated carbocycles. The van der Waals surface area contributed by atoms with Gasteiger partial charge in [0.15, 0.2) is 0 Å². The molecule has 0 aromatic heterocycles. The number of rotatable bonds is 7. The van der Waals surface area contributed by atoms with Crippen molar-refractivity contribution in [3.05, 3.63) is 65.2 Å². The molecule has 25 heavy (non-hydrogen) atoms. The maximum absolute atomic E-state index is 12.2. The second-order valence-corrected chi connectivity index (χ2v) is 5.77. The van der Waals surface area contributed by atoms with Gasteiger partial charge >= 0.3 is 12.0 Å². The van der Waals surface area contributed by atoms with E-state index in [1.54, 1.807) is 24.3 Å². The molecule has 2 N–H and O–H groups in total. The molecule has 0 bridgehead atoms. The average Bonchev–Trinajstić information content (AvgIpc) is 2.61. The Morgan fingerprint density at radius 1 is 1.04 bits per heavy atom. The quantitative estimate of drug-likeness (QED) is 0.584. The molecule has 2 aromatic rings. The molecule has 0 aliphatic carbocycles. The first kappa shape index (κ1) is 18.5. The number of aryl methyl sites for hydroxylation is 1. The highest BCUT2D eigenvalue weighted by molar-refractivity contribution is 6.00. The SMILES string of the molecule is CCCCOC(=O)c1ccccc1NC(=O)NCc1ccccc1C. The first-order valence-corrected chi connectivity index (χ1v) is 8.47. The van der Waals surface area contributed by atoms with E-state index in [9.17, 15) is 9.59 Å². The molecule has 2 amide bonds. The van der Waals surface area contributed by atoms with Gasteiger partial charge in [0.2, 0.25) is 0 Å². The molecule has 0 fully saturated rings. The van der Waals surface area contributed by atoms with Crippen LogP contribution in [0, 0.1) is 6.92 Å². The van der Waals surface area contributed by atoms with Crippen LogP contribution in [-0.4, -0.2) is 18.6 Å². The average molecular weight is 340 g/mol. The van der Waals surface area contributed by atoms with E-state index >= 15 is 0 Å². The summed E-state index contributed by atoms with van der Waals surface area (Å²) in [6.45, 7) is 4.82. The van der Waals surface area contributed by atoms with E-state index in [-0.39, 0.29) is 6.03 Å². The van der Waals surface area contributed by atoms with Crippen molar-refractivity contribution in [2.24, 2.45) is 0 Å². The number of carbonyl (C=O) groups is 2. The first-order chi connectivity index (χ1) is 12.1. The lowest BCUT2D eigenvalue weighted by atomic mass is 10.1. The molecule has 0 saturated heterocycles. The zero-order valence-corrected chi connectivity index (χ0v) is 14.7. The van der Waals surface area contributed by atoms with Gasteiger partial charge in [0.25, 0.3) is 0 Å². The molecule has 0 aliphatic heterocycles. The smallest absolute Gasteiger partial charge is 0.340 e. The van der Waals surface area contributed by atoms with E-state index in [4.69, 9.17) is 4.74 Å². The van der Waals surface area contributed by atoms with Gasteiger partial charge in [-0.25, -0.2) is 9.59 Å². The van der Waals surface area contributed by atoms with Gasteiger partial charge in [-0.2, -0.15) is 0 Å². The van der Waals surface area contributed by atoms with Crippen LogP contribution < -0.4 is 10.6 Å². The Bertz CT molecular complexity index is 728. The van der Waals surface area contributed by atoms with E-state index in [2.05, 4.69) is 10.6 Å². The second kappa shape index (κ2) is 9.47. The molecule has 5 heteroatoms. The minimum Gasteiger partial charge on any atom is -0.462 e. The van der Waals surface area contributed by atoms with E-state index in [1.807, 2.05) is 38.1 Å². The van der Waals surface area contributed by atoms with Gasteiger partial charge in [-0.1, -0.05) is 49.7 Å². The van der Waals surface area contributed by atoms with E-state index < -0.39 is 5.97 Å². The Hall–Kier alpha value is -2.82. The lowest BCUT2D eigenvalue weighted by Crippen LogP contribution is -2.29. The fraction of sp³-hybridized carbons (Fsp3) is 0.300. The zero-order valence-electron chi connectivity index (χ0n) is 14.7. The summed E-state index contributed by atoms with van der Waals surface area (Å²) in [5.41, 5.74) is 2.95. The van der Waals surface area contributed by atoms with Crippen LogP contribution in [-0.2, 0) is 11.3 Å². The number of ether oxygens (including phenoxy) is 1. The standard InChI is InChI=1S/C20H24N2O3/c1-3-4-13-25-19(23)17-11-7-8-12-18(17)22-20(24)21-14-16-10-6-5-9-15(16)2/h5-12H,3-4,13-14H2,1-2H3,(H2,21,22,24). The van der Waals surface area contributed by atoms with Crippen molar-refractivity contribution in [3.8, 4) is 0 Å². The van der Waals surface area contributed by atoms with Gasteiger partial charge in [-0.05, 0) is 36.6 Å². The second-order valence-electron chi connectivity index (χ2n) is 5.77. The topological polar surface area (TPSA) is 67.4 Å². The number of nitrogens with one attached hydrogen (secondary N) is 2. The van der Waals surface area contributed by atoms with Crippen molar-refractivity contribution in [2.75, 3.05) is 11.9 Å². The molecule has 2 rings (SSSR count). The first-order valence-electron chi connectivity index (χ1n) is 8.47. The molecular weight excluding hydrogens is 316 g/mol. The van der Waals surface area contributed by atoms with Gasteiger partial charge in [0, 0.05) is 6.54 Å². The summed E-state index contributed by atoms with van der Waals surface area (Å²) < 4.78 is 5.23. The third kappa shape index (κ3) is 5.64. The summed E-state index contributed by atoms with van der Waals surface area (Å²) in [4.78, 5) is 24.3. The normalized spacial score (nSPS) is 10.2. The predicted octanol–water partition coefficient (Wildman–Crippen LogP) is 4.27. The van der Waals surface area contributed by atoms with Crippen LogP contribution in [0.3, 0.4) is 0 Å². The summed E-state index contributed by atoms with van der Waals surface area (Å²) >= 11 is 0. The van der Waals surface area contributed by atoms with Crippen LogP contribution in [0.4, 0.5) is 10.5 Å². The largest absolute Gasteiger partial charge is 0.462 e. The molecule has 2 aromatic carbocycles. The number of carbonyl (C=O) groups excluding carboxylic acids is 2. The predicted molar refractivity (Wildman–Crippen MR) is 98.7 cm³/mol. The molecule has 0 spiro atoms. The maximum Gasteiger partial charge on any atom is 0.340 e. The van der Waals surface area contributed by atoms with Crippen LogP contribution in [0.1, 0.15) is 41.3 Å². The minimum absolute atomic E-state index is 0.352. The molecule has 0 aliphatic rings. The fourth-order valence-corrected chi connectivity index (χ4v) is 2.31. The van der Waals surface area contributed by atoms with Crippen molar-refractivity contribution in [1.29, 1.82) is 0 Å². The highest BCUT2D eigenvalue weighted by atomic mass is 16.5. The number of anilines is 1. The van der Waals surface area contributed by atoms with Crippen molar-refractivity contribution in [1.82, 2.24) is 5.32 Å². The monoisotopic (exact) mass is 340 g/mol. The lowest BCUT2D eigenvalue weighted by molar-refractivity contribution is 0.0501. The van der Waals surface area contributed by atoms with E-state index in [0.29, 0.717) is 24.4 Å². The maximum atomic E-state index is 12.2. The summed E-state index contributed by atoms with van der Waals surface area (Å²) in [5.74, 6) is -0.428. The van der Waals surface area contributed by atoms with Crippen molar-refractivity contribution in [3.63, 3.8) is 0 Å². The Morgan fingerprint density at radius 3 is 2.52 bits per heavy atom. The number of esters is 1. The van der Waals surface area contributed by atoms with Gasteiger partial charge in [0.1, 0.15) is 0 Å². The van der Waals surface area contributed by atoms with Crippen LogP contribution >= 0.6 is 0 Å². The van der Waals surface area contributed by atoms with Crippen LogP contribution in [0.15, 0.2) is 48.5 Å².